The lowest BCUT2D eigenvalue weighted by molar-refractivity contribution is 0.390. The van der Waals surface area contributed by atoms with Crippen molar-refractivity contribution in [3.8, 4) is 5.75 Å². The van der Waals surface area contributed by atoms with Crippen molar-refractivity contribution in [3.05, 3.63) is 28.8 Å². The van der Waals surface area contributed by atoms with E-state index >= 15 is 0 Å². The first-order valence-corrected chi connectivity index (χ1v) is 7.53. The van der Waals surface area contributed by atoms with Crippen molar-refractivity contribution >= 4 is 11.6 Å². The maximum Gasteiger partial charge on any atom is 0.125 e. The Labute approximate surface area is 122 Å². The van der Waals surface area contributed by atoms with Crippen molar-refractivity contribution in [2.24, 2.45) is 5.92 Å². The molecule has 1 rings (SSSR count). The van der Waals surface area contributed by atoms with Crippen LogP contribution in [0.15, 0.2) is 18.2 Å². The van der Waals surface area contributed by atoms with Gasteiger partial charge in [0.25, 0.3) is 0 Å². The second kappa shape index (κ2) is 8.44. The lowest BCUT2D eigenvalue weighted by Crippen LogP contribution is -2.21. The molecule has 1 unspecified atom stereocenters. The molecule has 0 saturated carbocycles. The van der Waals surface area contributed by atoms with Crippen LogP contribution in [0.25, 0.3) is 0 Å². The van der Waals surface area contributed by atoms with Crippen molar-refractivity contribution in [3.63, 3.8) is 0 Å². The van der Waals surface area contributed by atoms with Crippen LogP contribution in [0, 0.1) is 5.92 Å². The minimum Gasteiger partial charge on any atom is -0.496 e. The summed E-state index contributed by atoms with van der Waals surface area (Å²) in [5.74, 6) is 1.64. The quantitative estimate of drug-likeness (QED) is 0.738. The van der Waals surface area contributed by atoms with E-state index in [0.717, 1.165) is 29.7 Å². The Kier molecular flexibility index (Phi) is 7.25. The van der Waals surface area contributed by atoms with Crippen molar-refractivity contribution < 1.29 is 4.74 Å². The van der Waals surface area contributed by atoms with Crippen LogP contribution in [0.5, 0.6) is 5.75 Å². The Balaban J connectivity index is 2.79. The molecule has 0 aliphatic carbocycles. The minimum atomic E-state index is 0.343. The van der Waals surface area contributed by atoms with E-state index in [4.69, 9.17) is 16.3 Å². The van der Waals surface area contributed by atoms with Gasteiger partial charge in [0.1, 0.15) is 5.75 Å². The molecule has 1 aromatic rings. The minimum absolute atomic E-state index is 0.343. The van der Waals surface area contributed by atoms with Crippen LogP contribution in [-0.2, 0) is 0 Å². The number of hydrogen-bond donors (Lipinski definition) is 1. The monoisotopic (exact) mass is 283 g/mol. The van der Waals surface area contributed by atoms with Crippen LogP contribution >= 0.6 is 11.6 Å². The van der Waals surface area contributed by atoms with E-state index in [1.54, 1.807) is 7.11 Å². The molecule has 2 nitrogen and oxygen atoms in total. The molecule has 0 aliphatic rings. The molecule has 0 aliphatic heterocycles. The largest absolute Gasteiger partial charge is 0.496 e. The van der Waals surface area contributed by atoms with E-state index in [1.807, 2.05) is 12.1 Å². The molecule has 0 aromatic heterocycles. The molecule has 1 aromatic carbocycles. The Hall–Kier alpha value is -0.730. The van der Waals surface area contributed by atoms with E-state index < -0.39 is 0 Å². The smallest absolute Gasteiger partial charge is 0.125 e. The standard InChI is InChI=1S/C16H26ClNO/c1-5-18-15(8-6-7-12(2)3)14-10-9-13(17)11-16(14)19-4/h9-12,15,18H,5-8H2,1-4H3. The van der Waals surface area contributed by atoms with E-state index in [9.17, 15) is 0 Å². The summed E-state index contributed by atoms with van der Waals surface area (Å²) < 4.78 is 5.46. The molecular formula is C16H26ClNO. The molecule has 0 bridgehead atoms. The predicted molar refractivity (Wildman–Crippen MR) is 83.1 cm³/mol. The molecular weight excluding hydrogens is 258 g/mol. The van der Waals surface area contributed by atoms with E-state index in [-0.39, 0.29) is 0 Å². The summed E-state index contributed by atoms with van der Waals surface area (Å²) in [5, 5.41) is 4.26. The van der Waals surface area contributed by atoms with Gasteiger partial charge in [-0.2, -0.15) is 0 Å². The van der Waals surface area contributed by atoms with E-state index in [0.29, 0.717) is 6.04 Å². The summed E-state index contributed by atoms with van der Waals surface area (Å²) in [7, 11) is 1.70. The zero-order valence-electron chi connectivity index (χ0n) is 12.5. The van der Waals surface area contributed by atoms with Crippen LogP contribution in [0.2, 0.25) is 5.02 Å². The molecule has 1 atom stereocenters. The summed E-state index contributed by atoms with van der Waals surface area (Å²) in [6.07, 6.45) is 3.61. The molecule has 0 amide bonds. The van der Waals surface area contributed by atoms with E-state index in [1.165, 1.54) is 18.4 Å². The molecule has 0 saturated heterocycles. The van der Waals surface area contributed by atoms with Gasteiger partial charge < -0.3 is 10.1 Å². The van der Waals surface area contributed by atoms with Gasteiger partial charge in [-0.3, -0.25) is 0 Å². The third-order valence-electron chi connectivity index (χ3n) is 3.30. The number of rotatable bonds is 8. The number of hydrogen-bond acceptors (Lipinski definition) is 2. The van der Waals surface area contributed by atoms with Gasteiger partial charge in [0.2, 0.25) is 0 Å². The first-order chi connectivity index (χ1) is 9.08. The molecule has 0 heterocycles. The summed E-state index contributed by atoms with van der Waals surface area (Å²) in [5.41, 5.74) is 1.21. The summed E-state index contributed by atoms with van der Waals surface area (Å²) in [4.78, 5) is 0. The highest BCUT2D eigenvalue weighted by atomic mass is 35.5. The second-order valence-electron chi connectivity index (χ2n) is 5.32. The number of ether oxygens (including phenoxy) is 1. The molecule has 0 radical (unpaired) electrons. The van der Waals surface area contributed by atoms with Crippen LogP contribution in [0.3, 0.4) is 0 Å². The molecule has 19 heavy (non-hydrogen) atoms. The molecule has 3 heteroatoms. The maximum absolute atomic E-state index is 6.02. The summed E-state index contributed by atoms with van der Waals surface area (Å²) in [6, 6.07) is 6.25. The number of nitrogens with one attached hydrogen (secondary N) is 1. The third kappa shape index (κ3) is 5.42. The number of benzene rings is 1. The molecule has 1 N–H and O–H groups in total. The van der Waals surface area contributed by atoms with Gasteiger partial charge in [-0.05, 0) is 31.0 Å². The van der Waals surface area contributed by atoms with Crippen molar-refractivity contribution in [2.45, 2.75) is 46.1 Å². The third-order valence-corrected chi connectivity index (χ3v) is 3.53. The van der Waals surface area contributed by atoms with Gasteiger partial charge in [0.05, 0.1) is 7.11 Å². The lowest BCUT2D eigenvalue weighted by Gasteiger charge is -2.21. The van der Waals surface area contributed by atoms with Crippen LogP contribution in [0.4, 0.5) is 0 Å². The van der Waals surface area contributed by atoms with Gasteiger partial charge in [0.15, 0.2) is 0 Å². The fraction of sp³-hybridized carbons (Fsp3) is 0.625. The Morgan fingerprint density at radius 2 is 2.00 bits per heavy atom. The maximum atomic E-state index is 6.02. The Morgan fingerprint density at radius 3 is 2.58 bits per heavy atom. The second-order valence-corrected chi connectivity index (χ2v) is 5.76. The molecule has 0 fully saturated rings. The van der Waals surface area contributed by atoms with Crippen LogP contribution in [-0.4, -0.2) is 13.7 Å². The topological polar surface area (TPSA) is 21.3 Å². The van der Waals surface area contributed by atoms with Gasteiger partial charge >= 0.3 is 0 Å². The summed E-state index contributed by atoms with van der Waals surface area (Å²) >= 11 is 6.02. The first-order valence-electron chi connectivity index (χ1n) is 7.15. The van der Waals surface area contributed by atoms with Gasteiger partial charge in [-0.25, -0.2) is 0 Å². The van der Waals surface area contributed by atoms with Gasteiger partial charge in [0, 0.05) is 16.6 Å². The Bertz CT molecular complexity index is 379. The Morgan fingerprint density at radius 1 is 1.26 bits per heavy atom. The molecule has 108 valence electrons. The highest BCUT2D eigenvalue weighted by Gasteiger charge is 2.15. The van der Waals surface area contributed by atoms with Gasteiger partial charge in [-0.1, -0.05) is 51.3 Å². The zero-order valence-corrected chi connectivity index (χ0v) is 13.3. The normalized spacial score (nSPS) is 12.7. The van der Waals surface area contributed by atoms with Crippen LogP contribution in [0.1, 0.15) is 51.6 Å². The number of halogens is 1. The highest BCUT2D eigenvalue weighted by Crippen LogP contribution is 2.31. The van der Waals surface area contributed by atoms with Gasteiger partial charge in [-0.15, -0.1) is 0 Å². The van der Waals surface area contributed by atoms with E-state index in [2.05, 4.69) is 32.2 Å². The number of methoxy groups -OCH3 is 1. The molecule has 0 spiro atoms. The average Bonchev–Trinajstić information content (AvgIpc) is 2.37. The van der Waals surface area contributed by atoms with Crippen molar-refractivity contribution in [1.29, 1.82) is 0 Å². The summed E-state index contributed by atoms with van der Waals surface area (Å²) in [6.45, 7) is 7.63. The van der Waals surface area contributed by atoms with Crippen molar-refractivity contribution in [2.75, 3.05) is 13.7 Å². The SMILES string of the molecule is CCNC(CCCC(C)C)c1ccc(Cl)cc1OC. The van der Waals surface area contributed by atoms with Crippen LogP contribution < -0.4 is 10.1 Å². The average molecular weight is 284 g/mol. The lowest BCUT2D eigenvalue weighted by atomic mass is 9.97. The van der Waals surface area contributed by atoms with Crippen molar-refractivity contribution in [1.82, 2.24) is 5.32 Å². The first kappa shape index (κ1) is 16.3. The highest BCUT2D eigenvalue weighted by molar-refractivity contribution is 6.30. The predicted octanol–water partition coefficient (Wildman–Crippen LogP) is 4.83. The fourth-order valence-corrected chi connectivity index (χ4v) is 2.48. The fourth-order valence-electron chi connectivity index (χ4n) is 2.32. The zero-order chi connectivity index (χ0) is 14.3.